The van der Waals surface area contributed by atoms with Crippen molar-refractivity contribution in [2.24, 2.45) is 10.8 Å². The summed E-state index contributed by atoms with van der Waals surface area (Å²) in [7, 11) is 2.00. The zero-order valence-electron chi connectivity index (χ0n) is 24.1. The Bertz CT molecular complexity index is 1410. The number of nitrogens with zero attached hydrogens (tertiary/aromatic N) is 1. The molecule has 1 heterocycles. The molecule has 0 saturated heterocycles. The topological polar surface area (TPSA) is 75.7 Å². The molecule has 7 heteroatoms. The number of allylic oxidation sites excluding steroid dienone is 4. The molecule has 0 saturated carbocycles. The van der Waals surface area contributed by atoms with E-state index in [2.05, 4.69) is 53.8 Å². The highest BCUT2D eigenvalue weighted by Gasteiger charge is 2.48. The number of nitrogens with one attached hydrogen (secondary N) is 1. The van der Waals surface area contributed by atoms with Crippen molar-refractivity contribution in [3.05, 3.63) is 80.6 Å². The van der Waals surface area contributed by atoms with E-state index in [1.165, 1.54) is 0 Å². The number of rotatable bonds is 5. The van der Waals surface area contributed by atoms with Crippen molar-refractivity contribution in [3.8, 4) is 5.75 Å². The van der Waals surface area contributed by atoms with Crippen LogP contribution in [-0.4, -0.2) is 36.0 Å². The summed E-state index contributed by atoms with van der Waals surface area (Å²) in [5.41, 5.74) is 5.51. The molecule has 2 aliphatic carbocycles. The number of benzene rings is 2. The van der Waals surface area contributed by atoms with E-state index in [4.69, 9.17) is 4.74 Å². The van der Waals surface area contributed by atoms with Gasteiger partial charge in [0.2, 0.25) is 0 Å². The van der Waals surface area contributed by atoms with Gasteiger partial charge in [0.15, 0.2) is 18.2 Å². The molecule has 0 aromatic heterocycles. The van der Waals surface area contributed by atoms with E-state index in [1.807, 2.05) is 56.4 Å². The second-order valence-corrected chi connectivity index (χ2v) is 13.9. The number of hydrogen-bond acceptors (Lipinski definition) is 5. The fraction of sp³-hybridized carbons (Fsp3) is 0.424. The van der Waals surface area contributed by atoms with Crippen molar-refractivity contribution in [1.29, 1.82) is 0 Å². The molecule has 1 aliphatic heterocycles. The maximum Gasteiger partial charge on any atom is 0.262 e. The van der Waals surface area contributed by atoms with Crippen LogP contribution in [0.4, 0.5) is 5.69 Å². The molecule has 3 aliphatic rings. The van der Waals surface area contributed by atoms with Gasteiger partial charge >= 0.3 is 0 Å². The van der Waals surface area contributed by atoms with Gasteiger partial charge in [0.25, 0.3) is 5.91 Å². The first-order chi connectivity index (χ1) is 18.7. The molecule has 6 nitrogen and oxygen atoms in total. The lowest BCUT2D eigenvalue weighted by atomic mass is 9.63. The number of amides is 1. The number of hydrogen-bond donors (Lipinski definition) is 1. The van der Waals surface area contributed by atoms with E-state index in [1.54, 1.807) is 0 Å². The third-order valence-corrected chi connectivity index (χ3v) is 8.65. The Kier molecular flexibility index (Phi) is 7.32. The van der Waals surface area contributed by atoms with Gasteiger partial charge in [-0.05, 0) is 60.9 Å². The van der Waals surface area contributed by atoms with Gasteiger partial charge in [0, 0.05) is 64.1 Å². The monoisotopic (exact) mass is 604 g/mol. The average Bonchev–Trinajstić information content (AvgIpc) is 2.85. The van der Waals surface area contributed by atoms with Crippen LogP contribution in [0.15, 0.2) is 69.5 Å². The predicted octanol–water partition coefficient (Wildman–Crippen LogP) is 7.09. The molecular weight excluding hydrogens is 568 g/mol. The number of carbonyl (C=O) groups is 3. The van der Waals surface area contributed by atoms with Crippen LogP contribution in [0.3, 0.4) is 0 Å². The van der Waals surface area contributed by atoms with Crippen LogP contribution in [0.5, 0.6) is 5.75 Å². The number of anilines is 1. The van der Waals surface area contributed by atoms with E-state index >= 15 is 0 Å². The number of halogens is 1. The van der Waals surface area contributed by atoms with Crippen LogP contribution in [0.2, 0.25) is 0 Å². The van der Waals surface area contributed by atoms with Crippen LogP contribution in [0, 0.1) is 17.8 Å². The van der Waals surface area contributed by atoms with Crippen molar-refractivity contribution < 1.29 is 19.1 Å². The molecule has 1 amide bonds. The molecule has 0 bridgehead atoms. The fourth-order valence-corrected chi connectivity index (χ4v) is 6.71. The van der Waals surface area contributed by atoms with Gasteiger partial charge in [-0.15, -0.1) is 0 Å². The molecule has 1 N–H and O–H groups in total. The standard InChI is InChI=1S/C33H37BrN2O4/c1-19-7-10-21(11-8-19)35-28(39)18-40-27-12-9-20(34)13-22(27)29-30-23(14-32(2,3)16-25(30)37)36(6)24-15-33(4,5)17-26(38)31(24)29/h7-13,29H,14-18H2,1-6H3,(H,35,39). The molecule has 5 rings (SSSR count). The van der Waals surface area contributed by atoms with Gasteiger partial charge < -0.3 is 15.0 Å². The first-order valence-electron chi connectivity index (χ1n) is 13.8. The second-order valence-electron chi connectivity index (χ2n) is 13.0. The lowest BCUT2D eigenvalue weighted by Gasteiger charge is -2.48. The zero-order chi connectivity index (χ0) is 29.0. The Morgan fingerprint density at radius 3 is 2.02 bits per heavy atom. The quantitative estimate of drug-likeness (QED) is 0.394. The number of carbonyl (C=O) groups excluding carboxylic acids is 3. The fourth-order valence-electron chi connectivity index (χ4n) is 6.33. The van der Waals surface area contributed by atoms with Gasteiger partial charge in [-0.1, -0.05) is 61.3 Å². The molecular formula is C33H37BrN2O4. The van der Waals surface area contributed by atoms with E-state index in [0.29, 0.717) is 35.4 Å². The minimum Gasteiger partial charge on any atom is -0.483 e. The summed E-state index contributed by atoms with van der Waals surface area (Å²) in [6.07, 6.45) is 2.33. The molecule has 0 unspecified atom stereocenters. The zero-order valence-corrected chi connectivity index (χ0v) is 25.7. The summed E-state index contributed by atoms with van der Waals surface area (Å²) in [6, 6.07) is 13.2. The van der Waals surface area contributed by atoms with Crippen molar-refractivity contribution >= 4 is 39.1 Å². The number of ketones is 2. The maximum atomic E-state index is 13.8. The van der Waals surface area contributed by atoms with Crippen LogP contribution >= 0.6 is 15.9 Å². The summed E-state index contributed by atoms with van der Waals surface area (Å²) < 4.78 is 6.94. The van der Waals surface area contributed by atoms with Crippen molar-refractivity contribution in [2.75, 3.05) is 19.0 Å². The molecule has 0 atom stereocenters. The molecule has 2 aromatic rings. The number of aryl methyl sites for hydroxylation is 1. The molecule has 40 heavy (non-hydrogen) atoms. The molecule has 0 radical (unpaired) electrons. The van der Waals surface area contributed by atoms with Crippen molar-refractivity contribution in [2.45, 2.75) is 66.2 Å². The summed E-state index contributed by atoms with van der Waals surface area (Å²) in [5, 5.41) is 2.87. The van der Waals surface area contributed by atoms with Gasteiger partial charge in [-0.25, -0.2) is 0 Å². The first-order valence-corrected chi connectivity index (χ1v) is 14.6. The first kappa shape index (κ1) is 28.3. The van der Waals surface area contributed by atoms with Crippen molar-refractivity contribution in [3.63, 3.8) is 0 Å². The highest BCUT2D eigenvalue weighted by atomic mass is 79.9. The third kappa shape index (κ3) is 5.53. The Hall–Kier alpha value is -3.19. The van der Waals surface area contributed by atoms with E-state index in [-0.39, 0.29) is 34.9 Å². The lowest BCUT2D eigenvalue weighted by molar-refractivity contribution is -0.120. The highest BCUT2D eigenvalue weighted by molar-refractivity contribution is 9.10. The van der Waals surface area contributed by atoms with Gasteiger partial charge in [0.05, 0.1) is 0 Å². The van der Waals surface area contributed by atoms with Gasteiger partial charge in [-0.3, -0.25) is 14.4 Å². The van der Waals surface area contributed by atoms with E-state index in [0.717, 1.165) is 39.8 Å². The molecule has 0 spiro atoms. The molecule has 0 fully saturated rings. The molecule has 210 valence electrons. The second kappa shape index (κ2) is 10.3. The number of ether oxygens (including phenoxy) is 1. The Morgan fingerprint density at radius 1 is 0.925 bits per heavy atom. The Morgan fingerprint density at radius 2 is 1.48 bits per heavy atom. The largest absolute Gasteiger partial charge is 0.483 e. The van der Waals surface area contributed by atoms with Crippen LogP contribution < -0.4 is 10.1 Å². The van der Waals surface area contributed by atoms with Crippen molar-refractivity contribution in [1.82, 2.24) is 4.90 Å². The summed E-state index contributed by atoms with van der Waals surface area (Å²) in [6.45, 7) is 10.3. The highest BCUT2D eigenvalue weighted by Crippen LogP contribution is 2.55. The van der Waals surface area contributed by atoms with Crippen LogP contribution in [0.1, 0.15) is 70.4 Å². The van der Waals surface area contributed by atoms with Gasteiger partial charge in [0.1, 0.15) is 5.75 Å². The molecule has 2 aromatic carbocycles. The van der Waals surface area contributed by atoms with E-state index < -0.39 is 5.92 Å². The summed E-state index contributed by atoms with van der Waals surface area (Å²) in [4.78, 5) is 42.6. The lowest BCUT2D eigenvalue weighted by Crippen LogP contribution is -2.43. The van der Waals surface area contributed by atoms with E-state index in [9.17, 15) is 14.4 Å². The maximum absolute atomic E-state index is 13.8. The third-order valence-electron chi connectivity index (χ3n) is 8.16. The van der Waals surface area contributed by atoms with Crippen LogP contribution in [0.25, 0.3) is 0 Å². The minimum absolute atomic E-state index is 0.0651. The average molecular weight is 606 g/mol. The Labute approximate surface area is 245 Å². The summed E-state index contributed by atoms with van der Waals surface area (Å²) >= 11 is 3.60. The SMILES string of the molecule is Cc1ccc(NC(=O)COc2ccc(Br)cc2C2C3=C(CC(C)(C)CC3=O)N(C)C3=C2C(=O)CC(C)(C)C3)cc1. The normalized spacial score (nSPS) is 20.3. The smallest absolute Gasteiger partial charge is 0.262 e. The predicted molar refractivity (Wildman–Crippen MR) is 160 cm³/mol. The van der Waals surface area contributed by atoms with Crippen LogP contribution in [-0.2, 0) is 14.4 Å². The minimum atomic E-state index is -0.541. The summed E-state index contributed by atoms with van der Waals surface area (Å²) in [5.74, 6) is -0.204. The Balaban J connectivity index is 1.56. The number of Topliss-reactive ketones (excluding diaryl/α,β-unsaturated/α-hetero) is 2. The van der Waals surface area contributed by atoms with Gasteiger partial charge in [-0.2, -0.15) is 0 Å².